The van der Waals surface area contributed by atoms with Crippen LogP contribution < -0.4 is 10.6 Å². The van der Waals surface area contributed by atoms with Crippen LogP contribution in [0.2, 0.25) is 0 Å². The van der Waals surface area contributed by atoms with Gasteiger partial charge in [0.25, 0.3) is 0 Å². The number of methoxy groups -OCH3 is 1. The summed E-state index contributed by atoms with van der Waals surface area (Å²) in [5.41, 5.74) is 6.27. The van der Waals surface area contributed by atoms with Gasteiger partial charge in [-0.1, -0.05) is 13.8 Å². The Hall–Kier alpha value is -1.72. The summed E-state index contributed by atoms with van der Waals surface area (Å²) in [4.78, 5) is 13.4. The molecule has 6 heteroatoms. The maximum atomic E-state index is 11.7. The minimum atomic E-state index is -0.457. The second kappa shape index (κ2) is 5.07. The zero-order valence-electron chi connectivity index (χ0n) is 11.0. The molecule has 0 spiro atoms. The first kappa shape index (κ1) is 13.3. The largest absolute Gasteiger partial charge is 0.465 e. The molecule has 0 atom stereocenters. The minimum Gasteiger partial charge on any atom is -0.465 e. The third kappa shape index (κ3) is 2.69. The molecule has 6 nitrogen and oxygen atoms in total. The zero-order chi connectivity index (χ0) is 13.2. The van der Waals surface area contributed by atoms with E-state index >= 15 is 0 Å². The normalized spacial score (nSPS) is 10.7. The molecule has 0 bridgehead atoms. The highest BCUT2D eigenvalue weighted by molar-refractivity contribution is 5.99. The van der Waals surface area contributed by atoms with Crippen molar-refractivity contribution >= 4 is 17.6 Å². The second-order valence-corrected chi connectivity index (χ2v) is 4.55. The number of nitrogens with zero attached hydrogens (tertiary/aromatic N) is 3. The molecule has 96 valence electrons. The number of esters is 1. The highest BCUT2D eigenvalue weighted by Gasteiger charge is 2.24. The monoisotopic (exact) mass is 240 g/mol. The summed E-state index contributed by atoms with van der Waals surface area (Å²) in [6.45, 7) is 4.80. The first-order valence-electron chi connectivity index (χ1n) is 5.50. The first-order chi connectivity index (χ1) is 7.88. The van der Waals surface area contributed by atoms with Crippen LogP contribution in [0, 0.1) is 5.92 Å². The van der Waals surface area contributed by atoms with Crippen molar-refractivity contribution < 1.29 is 9.53 Å². The Balaban J connectivity index is 3.25. The van der Waals surface area contributed by atoms with Crippen molar-refractivity contribution in [2.24, 2.45) is 5.92 Å². The summed E-state index contributed by atoms with van der Waals surface area (Å²) in [7, 11) is 4.96. The van der Waals surface area contributed by atoms with E-state index in [-0.39, 0.29) is 0 Å². The molecule has 1 rings (SSSR count). The van der Waals surface area contributed by atoms with E-state index in [4.69, 9.17) is 10.5 Å². The van der Waals surface area contributed by atoms with Crippen LogP contribution in [-0.2, 0) is 11.3 Å². The SMILES string of the molecule is COC(=O)c1c(N(C)C)nn(CC(C)C)c1N. The highest BCUT2D eigenvalue weighted by Crippen LogP contribution is 2.25. The zero-order valence-corrected chi connectivity index (χ0v) is 11.0. The van der Waals surface area contributed by atoms with Crippen molar-refractivity contribution in [3.63, 3.8) is 0 Å². The summed E-state index contributed by atoms with van der Waals surface area (Å²) in [6.07, 6.45) is 0. The van der Waals surface area contributed by atoms with Crippen molar-refractivity contribution in [2.75, 3.05) is 31.8 Å². The van der Waals surface area contributed by atoms with Crippen molar-refractivity contribution in [3.8, 4) is 0 Å². The number of ether oxygens (including phenoxy) is 1. The maximum absolute atomic E-state index is 11.7. The molecule has 2 N–H and O–H groups in total. The van der Waals surface area contributed by atoms with Crippen LogP contribution in [0.3, 0.4) is 0 Å². The maximum Gasteiger partial charge on any atom is 0.345 e. The molecule has 0 aliphatic heterocycles. The minimum absolute atomic E-state index is 0.332. The average molecular weight is 240 g/mol. The van der Waals surface area contributed by atoms with Crippen molar-refractivity contribution in [2.45, 2.75) is 20.4 Å². The van der Waals surface area contributed by atoms with Crippen LogP contribution in [0.25, 0.3) is 0 Å². The smallest absolute Gasteiger partial charge is 0.345 e. The molecule has 1 aromatic heterocycles. The van der Waals surface area contributed by atoms with Crippen molar-refractivity contribution in [1.82, 2.24) is 9.78 Å². The molecular weight excluding hydrogens is 220 g/mol. The second-order valence-electron chi connectivity index (χ2n) is 4.55. The van der Waals surface area contributed by atoms with Gasteiger partial charge in [0.1, 0.15) is 11.4 Å². The molecule has 0 aliphatic rings. The Morgan fingerprint density at radius 2 is 2.12 bits per heavy atom. The number of nitrogen functional groups attached to an aromatic ring is 1. The van der Waals surface area contributed by atoms with Gasteiger partial charge in [-0.25, -0.2) is 9.48 Å². The number of anilines is 2. The predicted molar refractivity (Wildman–Crippen MR) is 67.1 cm³/mol. The molecule has 0 saturated carbocycles. The number of nitrogens with two attached hydrogens (primary N) is 1. The number of carbonyl (C=O) groups is 1. The molecule has 0 aromatic carbocycles. The number of aromatic nitrogens is 2. The van der Waals surface area contributed by atoms with Gasteiger partial charge in [-0.15, -0.1) is 0 Å². The summed E-state index contributed by atoms with van der Waals surface area (Å²) < 4.78 is 6.37. The predicted octanol–water partition coefficient (Wildman–Crippen LogP) is 0.974. The average Bonchev–Trinajstić information content (AvgIpc) is 2.55. The van der Waals surface area contributed by atoms with E-state index in [2.05, 4.69) is 18.9 Å². The van der Waals surface area contributed by atoms with E-state index in [1.807, 2.05) is 14.1 Å². The van der Waals surface area contributed by atoms with Crippen LogP contribution in [0.4, 0.5) is 11.6 Å². The summed E-state index contributed by atoms with van der Waals surface area (Å²) in [5.74, 6) is 0.836. The lowest BCUT2D eigenvalue weighted by Crippen LogP contribution is -2.14. The molecular formula is C11H20N4O2. The quantitative estimate of drug-likeness (QED) is 0.794. The van der Waals surface area contributed by atoms with Crippen molar-refractivity contribution in [1.29, 1.82) is 0 Å². The fourth-order valence-corrected chi connectivity index (χ4v) is 1.56. The number of rotatable bonds is 4. The third-order valence-corrected chi connectivity index (χ3v) is 2.32. The molecule has 0 amide bonds. The number of hydrogen-bond acceptors (Lipinski definition) is 5. The summed E-state index contributed by atoms with van der Waals surface area (Å²) >= 11 is 0. The van der Waals surface area contributed by atoms with Gasteiger partial charge < -0.3 is 15.4 Å². The molecule has 0 saturated heterocycles. The van der Waals surface area contributed by atoms with Crippen molar-refractivity contribution in [3.05, 3.63) is 5.56 Å². The van der Waals surface area contributed by atoms with Gasteiger partial charge in [0, 0.05) is 20.6 Å². The van der Waals surface area contributed by atoms with Crippen LogP contribution in [-0.4, -0.2) is 37.0 Å². The summed E-state index contributed by atoms with van der Waals surface area (Å²) in [5, 5.41) is 4.34. The molecule has 1 aromatic rings. The van der Waals surface area contributed by atoms with E-state index < -0.39 is 5.97 Å². The van der Waals surface area contributed by atoms with Crippen LogP contribution in [0.5, 0.6) is 0 Å². The fraction of sp³-hybridized carbons (Fsp3) is 0.636. The molecule has 1 heterocycles. The first-order valence-corrected chi connectivity index (χ1v) is 5.50. The number of carbonyl (C=O) groups excluding carboxylic acids is 1. The molecule has 0 radical (unpaired) electrons. The molecule has 0 aliphatic carbocycles. The highest BCUT2D eigenvalue weighted by atomic mass is 16.5. The lowest BCUT2D eigenvalue weighted by Gasteiger charge is -2.09. The van der Waals surface area contributed by atoms with Gasteiger partial charge in [0.05, 0.1) is 7.11 Å². The van der Waals surface area contributed by atoms with Gasteiger partial charge in [-0.3, -0.25) is 0 Å². The van der Waals surface area contributed by atoms with Gasteiger partial charge in [-0.2, -0.15) is 5.10 Å². The lowest BCUT2D eigenvalue weighted by atomic mass is 10.2. The van der Waals surface area contributed by atoms with E-state index in [1.165, 1.54) is 7.11 Å². The van der Waals surface area contributed by atoms with Gasteiger partial charge in [0.2, 0.25) is 0 Å². The topological polar surface area (TPSA) is 73.4 Å². The van der Waals surface area contributed by atoms with E-state index in [9.17, 15) is 4.79 Å². The van der Waals surface area contributed by atoms with Gasteiger partial charge in [-0.05, 0) is 5.92 Å². The van der Waals surface area contributed by atoms with Gasteiger partial charge in [0.15, 0.2) is 5.82 Å². The fourth-order valence-electron chi connectivity index (χ4n) is 1.56. The van der Waals surface area contributed by atoms with Crippen LogP contribution in [0.1, 0.15) is 24.2 Å². The Kier molecular flexibility index (Phi) is 3.98. The Bertz CT molecular complexity index is 410. The third-order valence-electron chi connectivity index (χ3n) is 2.32. The summed E-state index contributed by atoms with van der Waals surface area (Å²) in [6, 6.07) is 0. The molecule has 0 fully saturated rings. The molecule has 17 heavy (non-hydrogen) atoms. The van der Waals surface area contributed by atoms with E-state index in [0.29, 0.717) is 29.7 Å². The Labute approximate surface area is 101 Å². The standard InChI is InChI=1S/C11H20N4O2/c1-7(2)6-15-9(12)8(11(16)17-5)10(13-15)14(3)4/h7H,6,12H2,1-5H3. The van der Waals surface area contributed by atoms with E-state index in [0.717, 1.165) is 0 Å². The van der Waals surface area contributed by atoms with Crippen LogP contribution in [0.15, 0.2) is 0 Å². The van der Waals surface area contributed by atoms with Gasteiger partial charge >= 0.3 is 5.97 Å². The Morgan fingerprint density at radius 1 is 1.53 bits per heavy atom. The Morgan fingerprint density at radius 3 is 2.53 bits per heavy atom. The lowest BCUT2D eigenvalue weighted by molar-refractivity contribution is 0.0602. The molecule has 0 unspecified atom stereocenters. The van der Waals surface area contributed by atoms with Crippen LogP contribution >= 0.6 is 0 Å². The number of hydrogen-bond donors (Lipinski definition) is 1. The van der Waals surface area contributed by atoms with E-state index in [1.54, 1.807) is 9.58 Å².